The van der Waals surface area contributed by atoms with E-state index in [1.165, 1.54) is 31.4 Å². The third kappa shape index (κ3) is 5.89. The molecule has 0 aliphatic rings. The number of carbonyl (C=O) groups is 2. The molecule has 148 valence electrons. The van der Waals surface area contributed by atoms with Gasteiger partial charge in [0.2, 0.25) is 10.0 Å². The van der Waals surface area contributed by atoms with Gasteiger partial charge in [0.1, 0.15) is 5.70 Å². The molecule has 1 aromatic heterocycles. The standard InChI is InChI=1S/C18H19N3O6S/c1-26-17(22)11-16(18(23)27-2)21-13-6-8-15(9-7-13)28(24,25)20-12-14-5-3-4-10-19-14/h3-11,20-21H,12H2,1-2H3/b16-11+. The van der Waals surface area contributed by atoms with Crippen LogP contribution in [-0.2, 0) is 35.6 Å². The molecule has 0 amide bonds. The van der Waals surface area contributed by atoms with Crippen LogP contribution in [0.25, 0.3) is 0 Å². The Morgan fingerprint density at radius 2 is 1.79 bits per heavy atom. The number of pyridine rings is 1. The lowest BCUT2D eigenvalue weighted by Crippen LogP contribution is -2.23. The first-order valence-corrected chi connectivity index (χ1v) is 9.48. The number of nitrogens with zero attached hydrogens (tertiary/aromatic N) is 1. The predicted molar refractivity (Wildman–Crippen MR) is 100 cm³/mol. The summed E-state index contributed by atoms with van der Waals surface area (Å²) in [6.07, 6.45) is 2.51. The molecule has 0 fully saturated rings. The summed E-state index contributed by atoms with van der Waals surface area (Å²) in [5.41, 5.74) is 0.808. The van der Waals surface area contributed by atoms with Crippen molar-refractivity contribution >= 4 is 27.6 Å². The van der Waals surface area contributed by atoms with Gasteiger partial charge in [-0.2, -0.15) is 0 Å². The number of hydrogen-bond donors (Lipinski definition) is 2. The van der Waals surface area contributed by atoms with Crippen molar-refractivity contribution in [1.29, 1.82) is 0 Å². The second kappa shape index (κ2) is 9.62. The summed E-state index contributed by atoms with van der Waals surface area (Å²) in [7, 11) is -1.41. The Balaban J connectivity index is 2.11. The zero-order chi connectivity index (χ0) is 20.6. The van der Waals surface area contributed by atoms with Crippen LogP contribution in [0.4, 0.5) is 5.69 Å². The van der Waals surface area contributed by atoms with Gasteiger partial charge in [-0.3, -0.25) is 4.98 Å². The van der Waals surface area contributed by atoms with Gasteiger partial charge in [-0.1, -0.05) is 6.07 Å². The Morgan fingerprint density at radius 3 is 2.36 bits per heavy atom. The minimum Gasteiger partial charge on any atom is -0.466 e. The Hall–Kier alpha value is -3.24. The van der Waals surface area contributed by atoms with Crippen LogP contribution >= 0.6 is 0 Å². The van der Waals surface area contributed by atoms with Crippen LogP contribution in [0.3, 0.4) is 0 Å². The third-order valence-corrected chi connectivity index (χ3v) is 4.90. The minimum absolute atomic E-state index is 0.0329. The van der Waals surface area contributed by atoms with Crippen molar-refractivity contribution in [3.63, 3.8) is 0 Å². The summed E-state index contributed by atoms with van der Waals surface area (Å²) in [5, 5.41) is 2.69. The molecule has 0 aliphatic carbocycles. The maximum absolute atomic E-state index is 12.4. The summed E-state index contributed by atoms with van der Waals surface area (Å²) >= 11 is 0. The van der Waals surface area contributed by atoms with Gasteiger partial charge in [0.25, 0.3) is 0 Å². The highest BCUT2D eigenvalue weighted by molar-refractivity contribution is 7.89. The molecule has 0 spiro atoms. The van der Waals surface area contributed by atoms with Crippen LogP contribution in [0.15, 0.2) is 65.3 Å². The molecule has 10 heteroatoms. The largest absolute Gasteiger partial charge is 0.466 e. The number of benzene rings is 1. The number of methoxy groups -OCH3 is 2. The molecule has 0 aliphatic heterocycles. The predicted octanol–water partition coefficient (Wildman–Crippen LogP) is 1.20. The molecule has 2 N–H and O–H groups in total. The van der Waals surface area contributed by atoms with E-state index in [1.54, 1.807) is 24.4 Å². The van der Waals surface area contributed by atoms with Gasteiger partial charge in [-0.05, 0) is 36.4 Å². The lowest BCUT2D eigenvalue weighted by atomic mass is 10.3. The molecular formula is C18H19N3O6S. The smallest absolute Gasteiger partial charge is 0.354 e. The van der Waals surface area contributed by atoms with Crippen molar-refractivity contribution in [1.82, 2.24) is 9.71 Å². The van der Waals surface area contributed by atoms with E-state index in [2.05, 4.69) is 24.5 Å². The van der Waals surface area contributed by atoms with Crippen molar-refractivity contribution in [2.24, 2.45) is 0 Å². The van der Waals surface area contributed by atoms with Crippen LogP contribution in [-0.4, -0.2) is 39.6 Å². The van der Waals surface area contributed by atoms with Crippen LogP contribution in [0.1, 0.15) is 5.69 Å². The Kier molecular flexibility index (Phi) is 7.24. The Bertz CT molecular complexity index is 957. The number of ether oxygens (including phenoxy) is 2. The number of hydrogen-bond acceptors (Lipinski definition) is 8. The average Bonchev–Trinajstić information content (AvgIpc) is 2.72. The molecule has 0 radical (unpaired) electrons. The quantitative estimate of drug-likeness (QED) is 0.496. The molecule has 0 bridgehead atoms. The highest BCUT2D eigenvalue weighted by Crippen LogP contribution is 2.16. The number of anilines is 1. The van der Waals surface area contributed by atoms with Crippen molar-refractivity contribution in [3.05, 3.63) is 66.1 Å². The molecule has 9 nitrogen and oxygen atoms in total. The fraction of sp³-hybridized carbons (Fsp3) is 0.167. The van der Waals surface area contributed by atoms with E-state index in [-0.39, 0.29) is 17.1 Å². The lowest BCUT2D eigenvalue weighted by Gasteiger charge is -2.10. The second-order valence-corrected chi connectivity index (χ2v) is 7.13. The summed E-state index contributed by atoms with van der Waals surface area (Å²) in [4.78, 5) is 27.2. The maximum Gasteiger partial charge on any atom is 0.354 e. The van der Waals surface area contributed by atoms with Gasteiger partial charge < -0.3 is 14.8 Å². The summed E-state index contributed by atoms with van der Waals surface area (Å²) in [5.74, 6) is -1.52. The highest BCUT2D eigenvalue weighted by atomic mass is 32.2. The van der Waals surface area contributed by atoms with Gasteiger partial charge in [-0.15, -0.1) is 0 Å². The number of nitrogens with one attached hydrogen (secondary N) is 2. The van der Waals surface area contributed by atoms with E-state index in [0.717, 1.165) is 13.2 Å². The molecular weight excluding hydrogens is 386 g/mol. The first-order chi connectivity index (χ1) is 13.4. The Labute approximate surface area is 162 Å². The van der Waals surface area contributed by atoms with Crippen molar-refractivity contribution in [3.8, 4) is 0 Å². The number of aromatic nitrogens is 1. The van der Waals surface area contributed by atoms with E-state index in [9.17, 15) is 18.0 Å². The van der Waals surface area contributed by atoms with E-state index >= 15 is 0 Å². The molecule has 1 heterocycles. The topological polar surface area (TPSA) is 124 Å². The van der Waals surface area contributed by atoms with E-state index in [0.29, 0.717) is 11.4 Å². The van der Waals surface area contributed by atoms with Crippen LogP contribution < -0.4 is 10.0 Å². The van der Waals surface area contributed by atoms with Gasteiger partial charge in [0.15, 0.2) is 0 Å². The molecule has 2 rings (SSSR count). The number of rotatable bonds is 8. The van der Waals surface area contributed by atoms with E-state index < -0.39 is 22.0 Å². The first-order valence-electron chi connectivity index (χ1n) is 8.00. The summed E-state index contributed by atoms with van der Waals surface area (Å²) < 4.78 is 36.3. The normalized spacial score (nSPS) is 11.6. The Morgan fingerprint density at radius 1 is 1.07 bits per heavy atom. The molecule has 28 heavy (non-hydrogen) atoms. The van der Waals surface area contributed by atoms with Crippen molar-refractivity contribution < 1.29 is 27.5 Å². The van der Waals surface area contributed by atoms with Crippen LogP contribution in [0, 0.1) is 0 Å². The number of sulfonamides is 1. The van der Waals surface area contributed by atoms with E-state index in [4.69, 9.17) is 0 Å². The average molecular weight is 405 g/mol. The van der Waals surface area contributed by atoms with Crippen LogP contribution in [0.5, 0.6) is 0 Å². The van der Waals surface area contributed by atoms with Gasteiger partial charge >= 0.3 is 11.9 Å². The van der Waals surface area contributed by atoms with Gasteiger partial charge in [0, 0.05) is 11.9 Å². The molecule has 1 aromatic carbocycles. The zero-order valence-electron chi connectivity index (χ0n) is 15.2. The lowest BCUT2D eigenvalue weighted by molar-refractivity contribution is -0.138. The van der Waals surface area contributed by atoms with Gasteiger partial charge in [-0.25, -0.2) is 22.7 Å². The molecule has 2 aromatic rings. The van der Waals surface area contributed by atoms with Gasteiger partial charge in [0.05, 0.1) is 37.4 Å². The van der Waals surface area contributed by atoms with Crippen molar-refractivity contribution in [2.75, 3.05) is 19.5 Å². The minimum atomic E-state index is -3.75. The fourth-order valence-electron chi connectivity index (χ4n) is 2.06. The number of carbonyl (C=O) groups excluding carboxylic acids is 2. The van der Waals surface area contributed by atoms with E-state index in [1.807, 2.05) is 0 Å². The summed E-state index contributed by atoms with van der Waals surface area (Å²) in [6, 6.07) is 10.8. The second-order valence-electron chi connectivity index (χ2n) is 5.37. The monoisotopic (exact) mass is 405 g/mol. The highest BCUT2D eigenvalue weighted by Gasteiger charge is 2.16. The fourth-order valence-corrected chi connectivity index (χ4v) is 3.06. The summed E-state index contributed by atoms with van der Waals surface area (Å²) in [6.45, 7) is 0.0531. The third-order valence-electron chi connectivity index (χ3n) is 3.48. The maximum atomic E-state index is 12.4. The van der Waals surface area contributed by atoms with Crippen molar-refractivity contribution in [2.45, 2.75) is 11.4 Å². The molecule has 0 unspecified atom stereocenters. The molecule has 0 saturated heterocycles. The molecule has 0 saturated carbocycles. The zero-order valence-corrected chi connectivity index (χ0v) is 16.0. The van der Waals surface area contributed by atoms with Crippen LogP contribution in [0.2, 0.25) is 0 Å². The SMILES string of the molecule is COC(=O)/C=C(/Nc1ccc(S(=O)(=O)NCc2ccccn2)cc1)C(=O)OC. The molecule has 0 atom stereocenters. The number of esters is 2. The first kappa shape index (κ1) is 21.1.